The van der Waals surface area contributed by atoms with Crippen molar-refractivity contribution in [1.29, 1.82) is 5.26 Å². The fourth-order valence-electron chi connectivity index (χ4n) is 8.53. The average Bonchev–Trinajstić information content (AvgIpc) is 3.75. The second-order valence-corrected chi connectivity index (χ2v) is 19.7. The summed E-state index contributed by atoms with van der Waals surface area (Å²) in [5.41, 5.74) is -1.22. The number of benzene rings is 2. The molecule has 2 aliphatic carbocycles. The molecule has 2 aromatic carbocycles. The van der Waals surface area contributed by atoms with Gasteiger partial charge in [-0.25, -0.2) is 27.0 Å². The van der Waals surface area contributed by atoms with E-state index in [4.69, 9.17) is 26.1 Å². The largest absolute Gasteiger partial charge is 0.444 e. The Morgan fingerprint density at radius 1 is 1.11 bits per heavy atom. The molecule has 0 bridgehead atoms. The van der Waals surface area contributed by atoms with Crippen LogP contribution in [0.4, 0.5) is 28.2 Å². The van der Waals surface area contributed by atoms with E-state index >= 15 is 8.78 Å². The van der Waals surface area contributed by atoms with Crippen LogP contribution in [-0.2, 0) is 50.2 Å². The molecule has 4 heterocycles. The SMILES string of the molecule is Cn1nc(NS(C)(=O)=O)c2c(Cl)ccc(-c3ccc(C#CC4(C)CN(C(=O)OC(C)(C)C)CCO4)nc3[C@H](Cc3cc(F)cc(F)c3)NC(=O)Cn3nc(C#N)c4c3C(F)(F)[C@@H]3C[C@H]43)c21. The predicted molar refractivity (Wildman–Crippen MR) is 229 cm³/mol. The Kier molecular flexibility index (Phi) is 11.4. The Balaban J connectivity index is 1.25. The predicted octanol–water partition coefficient (Wildman–Crippen LogP) is 6.69. The molecule has 1 saturated carbocycles. The molecule has 1 saturated heterocycles. The maximum Gasteiger partial charge on any atom is 0.410 e. The van der Waals surface area contributed by atoms with Gasteiger partial charge in [-0.3, -0.25) is 18.9 Å². The number of ether oxygens (including phenoxy) is 2. The molecule has 3 aliphatic rings. The average molecular weight is 936 g/mol. The van der Waals surface area contributed by atoms with E-state index in [0.717, 1.165) is 23.1 Å². The van der Waals surface area contributed by atoms with Gasteiger partial charge in [0, 0.05) is 42.3 Å². The maximum absolute atomic E-state index is 15.6. The molecule has 15 nitrogen and oxygen atoms in total. The van der Waals surface area contributed by atoms with Crippen LogP contribution in [0, 0.1) is 40.7 Å². The van der Waals surface area contributed by atoms with E-state index in [9.17, 15) is 32.0 Å². The highest BCUT2D eigenvalue weighted by molar-refractivity contribution is 7.92. The molecule has 21 heteroatoms. The molecule has 2 fully saturated rings. The number of hydrogen-bond acceptors (Lipinski definition) is 10. The third-order valence-corrected chi connectivity index (χ3v) is 12.1. The van der Waals surface area contributed by atoms with Crippen molar-refractivity contribution in [2.45, 2.75) is 76.2 Å². The van der Waals surface area contributed by atoms with Crippen LogP contribution in [0.3, 0.4) is 0 Å². The number of carbonyl (C=O) groups is 2. The Hall–Kier alpha value is -6.22. The van der Waals surface area contributed by atoms with Gasteiger partial charge in [0.15, 0.2) is 11.5 Å². The summed E-state index contributed by atoms with van der Waals surface area (Å²) in [5, 5.41) is 21.4. The van der Waals surface area contributed by atoms with Gasteiger partial charge >= 0.3 is 6.09 Å². The van der Waals surface area contributed by atoms with Gasteiger partial charge in [0.2, 0.25) is 15.9 Å². The van der Waals surface area contributed by atoms with Gasteiger partial charge in [0.1, 0.15) is 46.8 Å². The number of hydrogen-bond donors (Lipinski definition) is 2. The standard InChI is InChI=1S/C44H42ClF4N9O6S/c1-42(2,3)64-41(60)57-13-14-63-43(4,22-57)12-11-26-7-8-27(28-9-10-31(45)36-38(28)56(5)54-40(36)55-65(6,61)62)37(51-26)32(17-23-15-24(46)18-25(47)16-23)52-34(59)21-58-39-35(33(20-50)53-58)29-19-30(29)44(39,48)49/h7-10,15-16,18,29-30,32H,13-14,17,19,21-22H2,1-6H3,(H,52,59)(H,54,55)/t29-,30+,32-,43?/m0/s1. The molecule has 2 N–H and O–H groups in total. The number of halogens is 5. The van der Waals surface area contributed by atoms with Crippen molar-refractivity contribution in [2.24, 2.45) is 13.0 Å². The van der Waals surface area contributed by atoms with Gasteiger partial charge in [0.25, 0.3) is 5.92 Å². The lowest BCUT2D eigenvalue weighted by atomic mass is 9.93. The zero-order valence-electron chi connectivity index (χ0n) is 35.9. The van der Waals surface area contributed by atoms with Crippen molar-refractivity contribution >= 4 is 50.3 Å². The fraction of sp³-hybridized carbons (Fsp3) is 0.409. The number of nitriles is 1. The van der Waals surface area contributed by atoms with Crippen molar-refractivity contribution in [2.75, 3.05) is 30.7 Å². The number of aromatic nitrogens is 5. The van der Waals surface area contributed by atoms with Gasteiger partial charge in [-0.2, -0.15) is 24.2 Å². The molecule has 3 aromatic heterocycles. The number of fused-ring (bicyclic) bond motifs is 4. The lowest BCUT2D eigenvalue weighted by molar-refractivity contribution is -0.122. The van der Waals surface area contributed by atoms with Crippen molar-refractivity contribution < 1.29 is 45.0 Å². The first-order chi connectivity index (χ1) is 30.4. The van der Waals surface area contributed by atoms with Crippen molar-refractivity contribution in [3.05, 3.63) is 93.0 Å². The number of pyridine rings is 1. The number of carbonyl (C=O) groups excluding carboxylic acids is 2. The summed E-state index contributed by atoms with van der Waals surface area (Å²) in [5.74, 6) is -1.54. The lowest BCUT2D eigenvalue weighted by Gasteiger charge is -2.37. The van der Waals surface area contributed by atoms with E-state index in [1.807, 2.05) is 6.07 Å². The second-order valence-electron chi connectivity index (χ2n) is 17.6. The highest BCUT2D eigenvalue weighted by atomic mass is 35.5. The summed E-state index contributed by atoms with van der Waals surface area (Å²) in [6.07, 6.45) is 0.300. The molecule has 4 atom stereocenters. The van der Waals surface area contributed by atoms with E-state index in [-0.39, 0.29) is 77.0 Å². The number of rotatable bonds is 9. The van der Waals surface area contributed by atoms with Gasteiger partial charge in [0.05, 0.1) is 47.1 Å². The number of alkyl halides is 2. The molecule has 0 spiro atoms. The second kappa shape index (κ2) is 16.3. The summed E-state index contributed by atoms with van der Waals surface area (Å²) >= 11 is 6.67. The molecule has 5 aromatic rings. The summed E-state index contributed by atoms with van der Waals surface area (Å²) in [7, 11) is -2.28. The van der Waals surface area contributed by atoms with E-state index in [1.54, 1.807) is 52.9 Å². The number of anilines is 1. The quantitative estimate of drug-likeness (QED) is 0.119. The molecular weight excluding hydrogens is 894 g/mol. The van der Waals surface area contributed by atoms with Crippen LogP contribution in [-0.4, -0.2) is 87.0 Å². The third kappa shape index (κ3) is 9.20. The first-order valence-corrected chi connectivity index (χ1v) is 22.6. The maximum atomic E-state index is 15.6. The Morgan fingerprint density at radius 3 is 2.49 bits per heavy atom. The number of aryl methyl sites for hydroxylation is 1. The van der Waals surface area contributed by atoms with Crippen LogP contribution in [0.25, 0.3) is 22.0 Å². The molecule has 340 valence electrons. The van der Waals surface area contributed by atoms with Crippen LogP contribution in [0.15, 0.2) is 42.5 Å². The number of sulfonamides is 1. The van der Waals surface area contributed by atoms with Crippen molar-refractivity contribution in [3.63, 3.8) is 0 Å². The summed E-state index contributed by atoms with van der Waals surface area (Å²) in [4.78, 5) is 33.6. The molecule has 0 radical (unpaired) electrons. The summed E-state index contributed by atoms with van der Waals surface area (Å²) < 4.78 is 102. The fourth-order valence-corrected chi connectivity index (χ4v) is 9.26. The van der Waals surface area contributed by atoms with Crippen molar-refractivity contribution in [1.82, 2.24) is 34.8 Å². The van der Waals surface area contributed by atoms with Crippen LogP contribution >= 0.6 is 11.6 Å². The molecular formula is C44H42ClF4N9O6S. The Morgan fingerprint density at radius 2 is 1.82 bits per heavy atom. The monoisotopic (exact) mass is 935 g/mol. The van der Waals surface area contributed by atoms with E-state index in [2.05, 4.69) is 32.1 Å². The number of nitrogens with zero attached hydrogens (tertiary/aromatic N) is 7. The Labute approximate surface area is 376 Å². The van der Waals surface area contributed by atoms with Crippen LogP contribution < -0.4 is 10.0 Å². The summed E-state index contributed by atoms with van der Waals surface area (Å²) in [6.45, 7) is 6.65. The first kappa shape index (κ1) is 45.4. The van der Waals surface area contributed by atoms with Gasteiger partial charge in [-0.1, -0.05) is 23.6 Å². The number of nitrogens with one attached hydrogen (secondary N) is 2. The van der Waals surface area contributed by atoms with E-state index in [0.29, 0.717) is 22.7 Å². The topological polar surface area (TPSA) is 186 Å². The number of morpholine rings is 1. The highest BCUT2D eigenvalue weighted by Gasteiger charge is 2.67. The molecule has 1 unspecified atom stereocenters. The third-order valence-electron chi connectivity index (χ3n) is 11.2. The number of amides is 2. The van der Waals surface area contributed by atoms with Gasteiger partial charge < -0.3 is 19.7 Å². The minimum atomic E-state index is -3.84. The molecule has 1 aliphatic heterocycles. The zero-order valence-corrected chi connectivity index (χ0v) is 37.5. The minimum Gasteiger partial charge on any atom is -0.444 e. The lowest BCUT2D eigenvalue weighted by Crippen LogP contribution is -2.52. The van der Waals surface area contributed by atoms with Crippen LogP contribution in [0.5, 0.6) is 0 Å². The van der Waals surface area contributed by atoms with Crippen LogP contribution in [0.1, 0.15) is 80.0 Å². The first-order valence-electron chi connectivity index (χ1n) is 20.4. The normalized spacial score (nSPS) is 20.2. The molecule has 65 heavy (non-hydrogen) atoms. The van der Waals surface area contributed by atoms with E-state index in [1.165, 1.54) is 15.6 Å². The van der Waals surface area contributed by atoms with Gasteiger partial charge in [-0.15, -0.1) is 0 Å². The molecule has 8 rings (SSSR count). The minimum absolute atomic E-state index is 0.0436. The van der Waals surface area contributed by atoms with Gasteiger partial charge in [-0.05, 0) is 88.3 Å². The highest BCUT2D eigenvalue weighted by Crippen LogP contribution is 2.67. The van der Waals surface area contributed by atoms with Crippen LogP contribution in [0.2, 0.25) is 5.02 Å². The molecule has 2 amide bonds. The zero-order chi connectivity index (χ0) is 47.0. The van der Waals surface area contributed by atoms with E-state index < -0.39 is 80.9 Å². The van der Waals surface area contributed by atoms with Crippen molar-refractivity contribution in [3.8, 4) is 29.0 Å². The smallest absolute Gasteiger partial charge is 0.410 e. The summed E-state index contributed by atoms with van der Waals surface area (Å²) in [6, 6.07) is 9.74. The Bertz CT molecular complexity index is 3010.